The molecule has 8 heteroatoms. The van der Waals surface area contributed by atoms with Gasteiger partial charge in [-0.15, -0.1) is 24.0 Å². The molecule has 2 aliphatic carbocycles. The Hall–Kier alpha value is -0.380. The number of hydrogen-bond acceptors (Lipinski definition) is 3. The number of nitrogens with one attached hydrogen (secondary N) is 2. The van der Waals surface area contributed by atoms with E-state index in [0.29, 0.717) is 6.04 Å². The van der Waals surface area contributed by atoms with Gasteiger partial charge in [0.25, 0.3) is 0 Å². The average Bonchev–Trinajstić information content (AvgIpc) is 2.66. The van der Waals surface area contributed by atoms with Crippen LogP contribution >= 0.6 is 24.0 Å². The third-order valence-corrected chi connectivity index (χ3v) is 7.18. The van der Waals surface area contributed by atoms with Crippen molar-refractivity contribution >= 4 is 46.6 Å². The van der Waals surface area contributed by atoms with E-state index in [1.165, 1.54) is 19.3 Å². The van der Waals surface area contributed by atoms with Crippen molar-refractivity contribution in [2.24, 2.45) is 4.99 Å². The molecule has 1 amide bonds. The summed E-state index contributed by atoms with van der Waals surface area (Å²) >= 11 is 0. The highest BCUT2D eigenvalue weighted by molar-refractivity contribution is 14.0. The van der Waals surface area contributed by atoms with Crippen LogP contribution in [0.2, 0.25) is 0 Å². The molecule has 0 aromatic rings. The molecular formula is C19H37IN4O2S. The molecule has 0 aromatic carbocycles. The van der Waals surface area contributed by atoms with E-state index in [-0.39, 0.29) is 47.7 Å². The first kappa shape index (κ1) is 24.7. The van der Waals surface area contributed by atoms with E-state index < -0.39 is 10.8 Å². The van der Waals surface area contributed by atoms with Crippen LogP contribution in [0.4, 0.5) is 0 Å². The van der Waals surface area contributed by atoms with Gasteiger partial charge in [0.1, 0.15) is 6.54 Å². The predicted molar refractivity (Wildman–Crippen MR) is 124 cm³/mol. The smallest absolute Gasteiger partial charge is 0.243 e. The van der Waals surface area contributed by atoms with Crippen LogP contribution in [0.3, 0.4) is 0 Å². The topological polar surface area (TPSA) is 73.8 Å². The lowest BCUT2D eigenvalue weighted by Gasteiger charge is -2.32. The maximum Gasteiger partial charge on any atom is 0.243 e. The fraction of sp³-hybridized carbons (Fsp3) is 0.895. The number of hydrogen-bond donors (Lipinski definition) is 2. The summed E-state index contributed by atoms with van der Waals surface area (Å²) in [6, 6.07) is 0.724. The second-order valence-electron chi connectivity index (χ2n) is 7.73. The summed E-state index contributed by atoms with van der Waals surface area (Å²) in [4.78, 5) is 18.1. The second kappa shape index (κ2) is 13.0. The van der Waals surface area contributed by atoms with Gasteiger partial charge in [0.05, 0.1) is 0 Å². The highest BCUT2D eigenvalue weighted by Crippen LogP contribution is 2.23. The normalized spacial score (nSPS) is 25.2. The van der Waals surface area contributed by atoms with Crippen molar-refractivity contribution in [2.45, 2.75) is 82.0 Å². The molecule has 0 spiro atoms. The van der Waals surface area contributed by atoms with E-state index >= 15 is 0 Å². The lowest BCUT2D eigenvalue weighted by molar-refractivity contribution is -0.127. The van der Waals surface area contributed by atoms with Crippen LogP contribution in [0.25, 0.3) is 0 Å². The molecule has 3 atom stereocenters. The van der Waals surface area contributed by atoms with Gasteiger partial charge in [0, 0.05) is 48.0 Å². The molecule has 0 saturated heterocycles. The summed E-state index contributed by atoms with van der Waals surface area (Å²) < 4.78 is 12.2. The molecule has 3 unspecified atom stereocenters. The van der Waals surface area contributed by atoms with Gasteiger partial charge in [0.2, 0.25) is 5.91 Å². The van der Waals surface area contributed by atoms with Crippen molar-refractivity contribution < 1.29 is 9.00 Å². The van der Waals surface area contributed by atoms with Crippen molar-refractivity contribution in [1.82, 2.24) is 15.5 Å². The average molecular weight is 513 g/mol. The molecule has 2 fully saturated rings. The number of likely N-dealkylation sites (N-methyl/N-ethyl adjacent to an activating group) is 1. The Labute approximate surface area is 184 Å². The Morgan fingerprint density at radius 3 is 2.30 bits per heavy atom. The van der Waals surface area contributed by atoms with Crippen LogP contribution in [0.15, 0.2) is 4.99 Å². The molecule has 158 valence electrons. The zero-order valence-corrected chi connectivity index (χ0v) is 20.2. The van der Waals surface area contributed by atoms with Crippen molar-refractivity contribution in [1.29, 1.82) is 0 Å². The minimum atomic E-state index is -0.734. The van der Waals surface area contributed by atoms with Crippen LogP contribution in [0, 0.1) is 0 Å². The molecule has 0 aliphatic heterocycles. The molecule has 2 aliphatic rings. The quantitative estimate of drug-likeness (QED) is 0.326. The third kappa shape index (κ3) is 8.66. The van der Waals surface area contributed by atoms with Gasteiger partial charge in [-0.1, -0.05) is 32.6 Å². The number of carbonyl (C=O) groups is 1. The third-order valence-electron chi connectivity index (χ3n) is 5.44. The lowest BCUT2D eigenvalue weighted by Crippen LogP contribution is -2.50. The Balaban J connectivity index is 0.00000364. The maximum atomic E-state index is 12.2. The Kier molecular flexibility index (Phi) is 11.8. The van der Waals surface area contributed by atoms with E-state index in [1.54, 1.807) is 19.0 Å². The van der Waals surface area contributed by atoms with Gasteiger partial charge in [-0.2, -0.15) is 0 Å². The molecule has 6 nitrogen and oxygen atoms in total. The van der Waals surface area contributed by atoms with Gasteiger partial charge < -0.3 is 15.5 Å². The SMILES string of the molecule is CCS(=O)C1CCCC(NC(=NCC(=O)N(C)C)NC2CCCCC2)C1.I. The molecule has 0 bridgehead atoms. The Morgan fingerprint density at radius 1 is 1.04 bits per heavy atom. The molecule has 0 aromatic heterocycles. The molecular weight excluding hydrogens is 475 g/mol. The van der Waals surface area contributed by atoms with E-state index in [4.69, 9.17) is 0 Å². The van der Waals surface area contributed by atoms with Crippen LogP contribution in [-0.4, -0.2) is 64.7 Å². The molecule has 2 rings (SSSR count). The Bertz CT molecular complexity index is 510. The number of guanidine groups is 1. The zero-order chi connectivity index (χ0) is 18.9. The minimum absolute atomic E-state index is 0. The number of carbonyl (C=O) groups excluding carboxylic acids is 1. The summed E-state index contributed by atoms with van der Waals surface area (Å²) in [7, 11) is 2.78. The van der Waals surface area contributed by atoms with Crippen LogP contribution in [0.1, 0.15) is 64.7 Å². The van der Waals surface area contributed by atoms with Crippen molar-refractivity contribution in [3.8, 4) is 0 Å². The first-order valence-corrected chi connectivity index (χ1v) is 11.5. The number of halogens is 1. The van der Waals surface area contributed by atoms with E-state index in [9.17, 15) is 9.00 Å². The fourth-order valence-electron chi connectivity index (χ4n) is 3.81. The van der Waals surface area contributed by atoms with Gasteiger partial charge in [-0.05, 0) is 32.1 Å². The van der Waals surface area contributed by atoms with Crippen LogP contribution < -0.4 is 10.6 Å². The number of aliphatic imine (C=N–C) groups is 1. The first-order valence-electron chi connectivity index (χ1n) is 10.1. The highest BCUT2D eigenvalue weighted by atomic mass is 127. The largest absolute Gasteiger partial charge is 0.354 e. The number of rotatable bonds is 6. The highest BCUT2D eigenvalue weighted by Gasteiger charge is 2.26. The van der Waals surface area contributed by atoms with Crippen molar-refractivity contribution in [3.05, 3.63) is 0 Å². The van der Waals surface area contributed by atoms with E-state index in [0.717, 1.165) is 50.2 Å². The minimum Gasteiger partial charge on any atom is -0.354 e. The maximum absolute atomic E-state index is 12.2. The summed E-state index contributed by atoms with van der Waals surface area (Å²) in [5.41, 5.74) is 0. The summed E-state index contributed by atoms with van der Waals surface area (Å²) in [5, 5.41) is 7.37. The van der Waals surface area contributed by atoms with E-state index in [2.05, 4.69) is 15.6 Å². The summed E-state index contributed by atoms with van der Waals surface area (Å²) in [6.45, 7) is 2.16. The summed E-state index contributed by atoms with van der Waals surface area (Å²) in [5.74, 6) is 1.49. The molecule has 27 heavy (non-hydrogen) atoms. The lowest BCUT2D eigenvalue weighted by atomic mass is 9.94. The zero-order valence-electron chi connectivity index (χ0n) is 17.0. The number of amides is 1. The molecule has 0 radical (unpaired) electrons. The standard InChI is InChI=1S/C19H36N4O2S.HI/c1-4-26(25)17-12-8-11-16(13-17)22-19(20-14-18(24)23(2)3)21-15-9-6-5-7-10-15;/h15-17H,4-14H2,1-3H3,(H2,20,21,22);1H. The molecule has 2 N–H and O–H groups in total. The van der Waals surface area contributed by atoms with Gasteiger partial charge in [-0.3, -0.25) is 9.00 Å². The fourth-order valence-corrected chi connectivity index (χ4v) is 5.15. The Morgan fingerprint density at radius 2 is 1.67 bits per heavy atom. The predicted octanol–water partition coefficient (Wildman–Crippen LogP) is 2.64. The van der Waals surface area contributed by atoms with Crippen LogP contribution in [0.5, 0.6) is 0 Å². The van der Waals surface area contributed by atoms with Crippen molar-refractivity contribution in [2.75, 3.05) is 26.4 Å². The monoisotopic (exact) mass is 512 g/mol. The molecule has 0 heterocycles. The van der Waals surface area contributed by atoms with Crippen LogP contribution in [-0.2, 0) is 15.6 Å². The van der Waals surface area contributed by atoms with Gasteiger partial charge in [0.15, 0.2) is 5.96 Å². The summed E-state index contributed by atoms with van der Waals surface area (Å²) in [6.07, 6.45) is 10.3. The first-order chi connectivity index (χ1) is 12.5. The second-order valence-corrected chi connectivity index (χ2v) is 9.74. The van der Waals surface area contributed by atoms with Gasteiger partial charge in [-0.25, -0.2) is 4.99 Å². The van der Waals surface area contributed by atoms with E-state index in [1.807, 2.05) is 6.92 Å². The van der Waals surface area contributed by atoms with Crippen molar-refractivity contribution in [3.63, 3.8) is 0 Å². The number of nitrogens with zero attached hydrogens (tertiary/aromatic N) is 2. The molecule has 2 saturated carbocycles. The van der Waals surface area contributed by atoms with Gasteiger partial charge >= 0.3 is 0 Å².